The predicted molar refractivity (Wildman–Crippen MR) is 70.3 cm³/mol. The highest BCUT2D eigenvalue weighted by Crippen LogP contribution is 2.52. The van der Waals surface area contributed by atoms with Gasteiger partial charge >= 0.3 is 0 Å². The van der Waals surface area contributed by atoms with Crippen LogP contribution in [-0.2, 0) is 9.59 Å². The highest BCUT2D eigenvalue weighted by Gasteiger charge is 2.51. The van der Waals surface area contributed by atoms with Crippen molar-refractivity contribution in [1.82, 2.24) is 9.80 Å². The number of rotatable bonds is 3. The van der Waals surface area contributed by atoms with Gasteiger partial charge in [0.25, 0.3) is 0 Å². The minimum atomic E-state index is 0.169. The Morgan fingerprint density at radius 1 is 1.11 bits per heavy atom. The third-order valence-corrected chi connectivity index (χ3v) is 5.47. The average Bonchev–Trinajstić information content (AvgIpc) is 3.20. The summed E-state index contributed by atoms with van der Waals surface area (Å²) in [5.41, 5.74) is 0. The Labute approximate surface area is 114 Å². The van der Waals surface area contributed by atoms with Crippen molar-refractivity contribution in [3.63, 3.8) is 0 Å². The van der Waals surface area contributed by atoms with Gasteiger partial charge in [-0.25, -0.2) is 0 Å². The molecule has 4 fully saturated rings. The van der Waals surface area contributed by atoms with Gasteiger partial charge in [0.05, 0.1) is 6.54 Å². The average molecular weight is 262 g/mol. The molecule has 0 N–H and O–H groups in total. The van der Waals surface area contributed by atoms with Gasteiger partial charge in [-0.1, -0.05) is 19.3 Å². The molecule has 3 saturated carbocycles. The van der Waals surface area contributed by atoms with Crippen LogP contribution in [0.5, 0.6) is 0 Å². The number of nitrogens with zero attached hydrogens (tertiary/aromatic N) is 2. The molecule has 2 unspecified atom stereocenters. The van der Waals surface area contributed by atoms with Gasteiger partial charge in [-0.3, -0.25) is 9.59 Å². The van der Waals surface area contributed by atoms with Crippen molar-refractivity contribution in [2.45, 2.75) is 44.6 Å². The fourth-order valence-electron chi connectivity index (χ4n) is 3.77. The molecular weight excluding hydrogens is 240 g/mol. The van der Waals surface area contributed by atoms with Crippen LogP contribution in [0.3, 0.4) is 0 Å². The van der Waals surface area contributed by atoms with Crippen LogP contribution in [0.25, 0.3) is 0 Å². The van der Waals surface area contributed by atoms with Gasteiger partial charge in [-0.15, -0.1) is 0 Å². The molecular formula is C15H22N2O2. The maximum atomic E-state index is 12.4. The normalized spacial score (nSPS) is 35.3. The molecule has 4 rings (SSSR count). The van der Waals surface area contributed by atoms with Crippen LogP contribution in [0.15, 0.2) is 0 Å². The highest BCUT2D eigenvalue weighted by atomic mass is 16.2. The number of carbonyl (C=O) groups excluding carboxylic acids is 2. The SMILES string of the molecule is O=C(C1CC1C1CCC1)N1CCN(C2CC2)C(=O)C1. The van der Waals surface area contributed by atoms with Crippen LogP contribution in [0, 0.1) is 17.8 Å². The first-order valence-electron chi connectivity index (χ1n) is 7.82. The lowest BCUT2D eigenvalue weighted by Gasteiger charge is -2.35. The van der Waals surface area contributed by atoms with Gasteiger partial charge in [-0.05, 0) is 31.1 Å². The summed E-state index contributed by atoms with van der Waals surface area (Å²) in [5.74, 6) is 2.16. The summed E-state index contributed by atoms with van der Waals surface area (Å²) < 4.78 is 0. The molecule has 4 aliphatic rings. The third kappa shape index (κ3) is 2.05. The predicted octanol–water partition coefficient (Wildman–Crippen LogP) is 1.26. The first-order valence-corrected chi connectivity index (χ1v) is 7.82. The topological polar surface area (TPSA) is 40.6 Å². The van der Waals surface area contributed by atoms with E-state index in [4.69, 9.17) is 0 Å². The summed E-state index contributed by atoms with van der Waals surface area (Å²) >= 11 is 0. The van der Waals surface area contributed by atoms with Crippen LogP contribution < -0.4 is 0 Å². The van der Waals surface area contributed by atoms with Gasteiger partial charge in [-0.2, -0.15) is 0 Å². The maximum Gasteiger partial charge on any atom is 0.242 e. The Morgan fingerprint density at radius 3 is 2.47 bits per heavy atom. The fourth-order valence-corrected chi connectivity index (χ4v) is 3.77. The van der Waals surface area contributed by atoms with E-state index in [1.165, 1.54) is 19.3 Å². The summed E-state index contributed by atoms with van der Waals surface area (Å²) in [6, 6.07) is 0.494. The molecule has 0 bridgehead atoms. The molecule has 3 aliphatic carbocycles. The van der Waals surface area contributed by atoms with Gasteiger partial charge in [0.2, 0.25) is 11.8 Å². The molecule has 0 aromatic carbocycles. The summed E-state index contributed by atoms with van der Waals surface area (Å²) in [4.78, 5) is 28.3. The zero-order chi connectivity index (χ0) is 13.0. The lowest BCUT2D eigenvalue weighted by atomic mass is 9.81. The molecule has 1 saturated heterocycles. The molecule has 2 atom stereocenters. The van der Waals surface area contributed by atoms with E-state index >= 15 is 0 Å². The Balaban J connectivity index is 1.33. The molecule has 0 spiro atoms. The monoisotopic (exact) mass is 262 g/mol. The van der Waals surface area contributed by atoms with Gasteiger partial charge in [0, 0.05) is 25.0 Å². The van der Waals surface area contributed by atoms with E-state index in [1.807, 2.05) is 9.80 Å². The van der Waals surface area contributed by atoms with Crippen molar-refractivity contribution in [3.05, 3.63) is 0 Å². The van der Waals surface area contributed by atoms with Crippen LogP contribution >= 0.6 is 0 Å². The van der Waals surface area contributed by atoms with Gasteiger partial charge < -0.3 is 9.80 Å². The second-order valence-electron chi connectivity index (χ2n) is 6.78. The quantitative estimate of drug-likeness (QED) is 0.768. The zero-order valence-electron chi connectivity index (χ0n) is 11.4. The minimum absolute atomic E-state index is 0.169. The van der Waals surface area contributed by atoms with Crippen molar-refractivity contribution >= 4 is 11.8 Å². The summed E-state index contributed by atoms with van der Waals surface area (Å²) in [5, 5.41) is 0. The molecule has 0 aromatic rings. The second-order valence-corrected chi connectivity index (χ2v) is 6.78. The third-order valence-electron chi connectivity index (χ3n) is 5.47. The lowest BCUT2D eigenvalue weighted by Crippen LogP contribution is -2.53. The number of hydrogen-bond acceptors (Lipinski definition) is 2. The van der Waals surface area contributed by atoms with Crippen molar-refractivity contribution in [2.75, 3.05) is 19.6 Å². The van der Waals surface area contributed by atoms with Crippen molar-refractivity contribution in [2.24, 2.45) is 17.8 Å². The van der Waals surface area contributed by atoms with Gasteiger partial charge in [0.15, 0.2) is 0 Å². The second kappa shape index (κ2) is 4.22. The highest BCUT2D eigenvalue weighted by molar-refractivity contribution is 5.88. The van der Waals surface area contributed by atoms with Crippen LogP contribution in [0.4, 0.5) is 0 Å². The Morgan fingerprint density at radius 2 is 1.89 bits per heavy atom. The van der Waals surface area contributed by atoms with E-state index in [9.17, 15) is 9.59 Å². The van der Waals surface area contributed by atoms with Crippen LogP contribution in [-0.4, -0.2) is 47.3 Å². The van der Waals surface area contributed by atoms with E-state index in [0.29, 0.717) is 18.5 Å². The molecule has 2 amide bonds. The Kier molecular flexibility index (Phi) is 2.61. The van der Waals surface area contributed by atoms with E-state index in [1.54, 1.807) is 0 Å². The molecule has 19 heavy (non-hydrogen) atoms. The molecule has 4 heteroatoms. The van der Waals surface area contributed by atoms with Crippen molar-refractivity contribution in [1.29, 1.82) is 0 Å². The Bertz CT molecular complexity index is 414. The first-order chi connectivity index (χ1) is 9.24. The van der Waals surface area contributed by atoms with Crippen LogP contribution in [0.1, 0.15) is 38.5 Å². The largest absolute Gasteiger partial charge is 0.336 e. The first kappa shape index (κ1) is 11.7. The van der Waals surface area contributed by atoms with Crippen molar-refractivity contribution < 1.29 is 9.59 Å². The number of carbonyl (C=O) groups is 2. The number of hydrogen-bond donors (Lipinski definition) is 0. The minimum Gasteiger partial charge on any atom is -0.336 e. The molecule has 1 aliphatic heterocycles. The lowest BCUT2D eigenvalue weighted by molar-refractivity contribution is -0.146. The number of piperazine rings is 1. The standard InChI is InChI=1S/C15H22N2O2/c18-14-9-16(6-7-17(14)11-4-5-11)15(19)13-8-12(13)10-2-1-3-10/h10-13H,1-9H2. The summed E-state index contributed by atoms with van der Waals surface area (Å²) in [7, 11) is 0. The molecule has 4 nitrogen and oxygen atoms in total. The molecule has 1 heterocycles. The maximum absolute atomic E-state index is 12.4. The van der Waals surface area contributed by atoms with E-state index < -0.39 is 0 Å². The molecule has 0 aromatic heterocycles. The zero-order valence-corrected chi connectivity index (χ0v) is 11.4. The fraction of sp³-hybridized carbons (Fsp3) is 0.867. The summed E-state index contributed by atoms with van der Waals surface area (Å²) in [6.45, 7) is 1.86. The van der Waals surface area contributed by atoms with Gasteiger partial charge in [0.1, 0.15) is 0 Å². The van der Waals surface area contributed by atoms with E-state index in [-0.39, 0.29) is 17.7 Å². The van der Waals surface area contributed by atoms with Crippen molar-refractivity contribution in [3.8, 4) is 0 Å². The smallest absolute Gasteiger partial charge is 0.242 e. The summed E-state index contributed by atoms with van der Waals surface area (Å²) in [6.07, 6.45) is 7.39. The number of amides is 2. The molecule has 0 radical (unpaired) electrons. The van der Waals surface area contributed by atoms with E-state index in [0.717, 1.165) is 38.3 Å². The van der Waals surface area contributed by atoms with E-state index in [2.05, 4.69) is 0 Å². The van der Waals surface area contributed by atoms with Crippen LogP contribution in [0.2, 0.25) is 0 Å². The molecule has 104 valence electrons. The Hall–Kier alpha value is -1.06.